The van der Waals surface area contributed by atoms with E-state index in [2.05, 4.69) is 11.1 Å². The van der Waals surface area contributed by atoms with Crippen LogP contribution in [-0.2, 0) is 9.59 Å². The molecule has 0 rings (SSSR count). The van der Waals surface area contributed by atoms with Crippen LogP contribution in [0.3, 0.4) is 0 Å². The summed E-state index contributed by atoms with van der Waals surface area (Å²) in [5.74, 6) is -2.20. The van der Waals surface area contributed by atoms with Gasteiger partial charge in [0.2, 0.25) is 5.91 Å². The molecule has 0 aliphatic heterocycles. The van der Waals surface area contributed by atoms with Crippen molar-refractivity contribution in [3.05, 3.63) is 0 Å². The van der Waals surface area contributed by atoms with Crippen molar-refractivity contribution in [1.29, 1.82) is 0 Å². The first kappa shape index (κ1) is 15.9. The average molecular weight is 246 g/mol. The van der Waals surface area contributed by atoms with Crippen LogP contribution in [0.2, 0.25) is 0 Å². The average Bonchev–Trinajstić information content (AvgIpc) is 2.23. The lowest BCUT2D eigenvalue weighted by atomic mass is 9.81. The molecule has 0 fully saturated rings. The number of rotatable bonds is 8. The largest absolute Gasteiger partial charge is 0.544 e. The van der Waals surface area contributed by atoms with E-state index in [1.807, 2.05) is 0 Å². The van der Waals surface area contributed by atoms with E-state index >= 15 is 0 Å². The minimum absolute atomic E-state index is 0.219. The van der Waals surface area contributed by atoms with E-state index in [9.17, 15) is 14.7 Å². The monoisotopic (exact) mass is 246 g/mol. The van der Waals surface area contributed by atoms with Gasteiger partial charge in [-0.25, -0.2) is 0 Å². The van der Waals surface area contributed by atoms with E-state index in [0.29, 0.717) is 19.3 Å². The number of unbranched alkanes of at least 4 members (excludes halogenated alkanes) is 1. The second kappa shape index (κ2) is 8.05. The molecule has 0 aromatic carbocycles. The first-order chi connectivity index (χ1) is 7.84. The maximum Gasteiger partial charge on any atom is 0.475 e. The first-order valence-electron chi connectivity index (χ1n) is 5.54. The Balaban J connectivity index is 3.62. The highest BCUT2D eigenvalue weighted by Crippen LogP contribution is 2.01. The van der Waals surface area contributed by atoms with Gasteiger partial charge in [0.25, 0.3) is 0 Å². The number of carboxylic acids is 1. The second-order valence-corrected chi connectivity index (χ2v) is 4.03. The van der Waals surface area contributed by atoms with E-state index in [-0.39, 0.29) is 12.3 Å². The van der Waals surface area contributed by atoms with Crippen LogP contribution in [-0.4, -0.2) is 41.0 Å². The maximum absolute atomic E-state index is 11.3. The summed E-state index contributed by atoms with van der Waals surface area (Å²) in [6, 6.07) is -0.753. The third-order valence-corrected chi connectivity index (χ3v) is 2.38. The molecule has 8 heteroatoms. The molecule has 0 saturated carbocycles. The summed E-state index contributed by atoms with van der Waals surface area (Å²) in [4.78, 5) is 21.6. The normalized spacial score (nSPS) is 13.9. The lowest BCUT2D eigenvalue weighted by molar-refractivity contribution is -0.438. The fourth-order valence-corrected chi connectivity index (χ4v) is 1.19. The van der Waals surface area contributed by atoms with Gasteiger partial charge >= 0.3 is 7.12 Å². The van der Waals surface area contributed by atoms with Crippen molar-refractivity contribution >= 4 is 19.0 Å². The van der Waals surface area contributed by atoms with Gasteiger partial charge in [0.15, 0.2) is 0 Å². The van der Waals surface area contributed by atoms with Crippen molar-refractivity contribution in [3.63, 3.8) is 0 Å². The molecule has 7 nitrogen and oxygen atoms in total. The Hall–Kier alpha value is -1.12. The first-order valence-corrected chi connectivity index (χ1v) is 5.54. The number of carboxylic acid groups (broad SMARTS) is 1. The molecular formula is C9H19BN2O5. The zero-order valence-electron chi connectivity index (χ0n) is 9.89. The number of quaternary nitrogens is 1. The summed E-state index contributed by atoms with van der Waals surface area (Å²) in [7, 11) is -1.58. The Morgan fingerprint density at radius 3 is 2.47 bits per heavy atom. The van der Waals surface area contributed by atoms with Gasteiger partial charge in [-0.2, -0.15) is 0 Å². The highest BCUT2D eigenvalue weighted by atomic mass is 16.4. The number of amides is 1. The van der Waals surface area contributed by atoms with Crippen LogP contribution in [0.1, 0.15) is 32.6 Å². The summed E-state index contributed by atoms with van der Waals surface area (Å²) in [6.07, 6.45) is 1.68. The predicted molar refractivity (Wildman–Crippen MR) is 57.9 cm³/mol. The Morgan fingerprint density at radius 2 is 2.00 bits per heavy atom. The van der Waals surface area contributed by atoms with Crippen molar-refractivity contribution in [3.8, 4) is 0 Å². The quantitative estimate of drug-likeness (QED) is 0.259. The molecule has 98 valence electrons. The molecule has 0 aromatic rings. The number of nitrogens with one attached hydrogen (secondary N) is 1. The molecule has 0 unspecified atom stereocenters. The minimum atomic E-state index is -1.58. The molecule has 0 aliphatic carbocycles. The lowest BCUT2D eigenvalue weighted by Crippen LogP contribution is -2.68. The number of aliphatic carboxylic acids is 1. The van der Waals surface area contributed by atoms with E-state index in [4.69, 9.17) is 10.0 Å². The van der Waals surface area contributed by atoms with Crippen LogP contribution in [0.15, 0.2) is 0 Å². The minimum Gasteiger partial charge on any atom is -0.544 e. The van der Waals surface area contributed by atoms with Crippen LogP contribution < -0.4 is 16.2 Å². The second-order valence-electron chi connectivity index (χ2n) is 4.03. The van der Waals surface area contributed by atoms with Crippen LogP contribution in [0, 0.1) is 0 Å². The standard InChI is InChI=1S/C9H19BN2O5/c1-6(10(16)17)12-8(13)5-3-2-4-7(11)9(14)15/h6-7,16-17H,2-5,11H2,1H3,(H,12,13)(H,14,15)/t6-,7-/m1/s1. The summed E-state index contributed by atoms with van der Waals surface area (Å²) in [5, 5.41) is 30.2. The summed E-state index contributed by atoms with van der Waals surface area (Å²) in [5.41, 5.74) is 3.40. The van der Waals surface area contributed by atoms with Gasteiger partial charge in [-0.1, -0.05) is 0 Å². The van der Waals surface area contributed by atoms with Gasteiger partial charge in [-0.05, 0) is 19.8 Å². The molecule has 17 heavy (non-hydrogen) atoms. The highest BCUT2D eigenvalue weighted by molar-refractivity contribution is 6.43. The van der Waals surface area contributed by atoms with Gasteiger partial charge in [0, 0.05) is 12.8 Å². The SMILES string of the molecule is C[C@@H](NC(=O)CCCC[C@@H]([NH3+])C(=O)[O-])B(O)O. The number of hydrogen-bond acceptors (Lipinski definition) is 5. The van der Waals surface area contributed by atoms with E-state index in [0.717, 1.165) is 0 Å². The van der Waals surface area contributed by atoms with Gasteiger partial charge in [0.05, 0.1) is 11.9 Å². The molecule has 0 spiro atoms. The Kier molecular flexibility index (Phi) is 7.52. The maximum atomic E-state index is 11.3. The predicted octanol–water partition coefficient (Wildman–Crippen LogP) is -3.58. The molecule has 0 aliphatic rings. The van der Waals surface area contributed by atoms with Crippen LogP contribution >= 0.6 is 0 Å². The van der Waals surface area contributed by atoms with Crippen molar-refractivity contribution in [2.75, 3.05) is 0 Å². The van der Waals surface area contributed by atoms with Crippen molar-refractivity contribution in [2.45, 2.75) is 44.6 Å². The number of hydrogen-bond donors (Lipinski definition) is 4. The van der Waals surface area contributed by atoms with Gasteiger partial charge in [0.1, 0.15) is 6.04 Å². The van der Waals surface area contributed by atoms with Gasteiger partial charge in [-0.15, -0.1) is 0 Å². The van der Waals surface area contributed by atoms with Crippen molar-refractivity contribution in [1.82, 2.24) is 5.32 Å². The molecule has 0 saturated heterocycles. The fraction of sp³-hybridized carbons (Fsp3) is 0.778. The van der Waals surface area contributed by atoms with Crippen LogP contribution in [0.5, 0.6) is 0 Å². The van der Waals surface area contributed by atoms with Crippen LogP contribution in [0.25, 0.3) is 0 Å². The third kappa shape index (κ3) is 7.73. The summed E-state index contributed by atoms with van der Waals surface area (Å²) < 4.78 is 0. The molecule has 6 N–H and O–H groups in total. The van der Waals surface area contributed by atoms with Crippen LogP contribution in [0.4, 0.5) is 0 Å². The fourth-order valence-electron chi connectivity index (χ4n) is 1.19. The van der Waals surface area contributed by atoms with Crippen molar-refractivity contribution in [2.24, 2.45) is 0 Å². The van der Waals surface area contributed by atoms with E-state index < -0.39 is 25.1 Å². The molecule has 2 atom stereocenters. The van der Waals surface area contributed by atoms with E-state index in [1.54, 1.807) is 0 Å². The number of carbonyl (C=O) groups excluding carboxylic acids is 2. The zero-order chi connectivity index (χ0) is 13.4. The topological polar surface area (TPSA) is 137 Å². The smallest absolute Gasteiger partial charge is 0.475 e. The molecule has 1 amide bonds. The molecule has 0 radical (unpaired) electrons. The molecular weight excluding hydrogens is 227 g/mol. The van der Waals surface area contributed by atoms with Gasteiger partial charge < -0.3 is 31.0 Å². The summed E-state index contributed by atoms with van der Waals surface area (Å²) in [6.45, 7) is 1.48. The Labute approximate surface area is 100 Å². The Bertz CT molecular complexity index is 262. The van der Waals surface area contributed by atoms with Crippen molar-refractivity contribution < 1.29 is 30.5 Å². The molecule has 0 heterocycles. The molecule has 0 aromatic heterocycles. The Morgan fingerprint density at radius 1 is 1.41 bits per heavy atom. The van der Waals surface area contributed by atoms with E-state index in [1.165, 1.54) is 6.92 Å². The molecule has 0 bridgehead atoms. The van der Waals surface area contributed by atoms with Gasteiger partial charge in [-0.3, -0.25) is 4.79 Å². The zero-order valence-corrected chi connectivity index (χ0v) is 9.89. The summed E-state index contributed by atoms with van der Waals surface area (Å²) >= 11 is 0. The lowest BCUT2D eigenvalue weighted by Gasteiger charge is -2.12. The number of carbonyl (C=O) groups is 2. The third-order valence-electron chi connectivity index (χ3n) is 2.38. The highest BCUT2D eigenvalue weighted by Gasteiger charge is 2.19.